The summed E-state index contributed by atoms with van der Waals surface area (Å²) in [5, 5.41) is 9.67. The molecule has 0 aliphatic rings. The molecule has 0 saturated carbocycles. The largest absolute Gasteiger partial charge is 0.492 e. The van der Waals surface area contributed by atoms with Crippen molar-refractivity contribution >= 4 is 11.3 Å². The topological polar surface area (TPSA) is 32.7 Å². The fourth-order valence-corrected chi connectivity index (χ4v) is 3.21. The minimum atomic E-state index is -0.952. The van der Waals surface area contributed by atoms with Gasteiger partial charge in [0.2, 0.25) is 0 Å². The van der Waals surface area contributed by atoms with Crippen molar-refractivity contribution in [3.63, 3.8) is 0 Å². The molecule has 0 amide bonds. The number of ether oxygens (including phenoxy) is 1. The molecule has 25 heavy (non-hydrogen) atoms. The first-order chi connectivity index (χ1) is 11.7. The molecule has 0 atom stereocenters. The summed E-state index contributed by atoms with van der Waals surface area (Å²) in [7, 11) is 2.09. The molecule has 0 aliphatic heterocycles. The van der Waals surface area contributed by atoms with E-state index in [9.17, 15) is 5.11 Å². The van der Waals surface area contributed by atoms with Crippen LogP contribution in [-0.4, -0.2) is 35.8 Å². The van der Waals surface area contributed by atoms with E-state index in [2.05, 4.69) is 61.9 Å². The maximum Gasteiger partial charge on any atom is 0.122 e. The zero-order valence-corrected chi connectivity index (χ0v) is 16.5. The van der Waals surface area contributed by atoms with Crippen molar-refractivity contribution in [2.24, 2.45) is 0 Å². The zero-order valence-electron chi connectivity index (χ0n) is 15.7. The summed E-state index contributed by atoms with van der Waals surface area (Å²) >= 11 is 1.67. The molecule has 1 N–H and O–H groups in total. The molecule has 0 aliphatic carbocycles. The Balaban J connectivity index is 1.82. The minimum Gasteiger partial charge on any atom is -0.492 e. The third-order valence-corrected chi connectivity index (χ3v) is 4.64. The summed E-state index contributed by atoms with van der Waals surface area (Å²) in [5.41, 5.74) is 1.43. The Morgan fingerprint density at radius 2 is 1.96 bits per heavy atom. The number of nitrogens with zero attached hydrogens (tertiary/aromatic N) is 1. The summed E-state index contributed by atoms with van der Waals surface area (Å²) in [6.07, 6.45) is 0. The van der Waals surface area contributed by atoms with Crippen LogP contribution in [0.2, 0.25) is 0 Å². The summed E-state index contributed by atoms with van der Waals surface area (Å²) < 4.78 is 5.92. The van der Waals surface area contributed by atoms with Crippen molar-refractivity contribution in [2.75, 3.05) is 20.2 Å². The first-order valence-electron chi connectivity index (χ1n) is 8.46. The quantitative estimate of drug-likeness (QED) is 0.793. The molecule has 1 aromatic carbocycles. The molecule has 0 fully saturated rings. The maximum atomic E-state index is 9.67. The SMILES string of the molecule is Cc1ccc(C)c(OCCN(C)Cc2ccc(C#CC(C)(C)O)s2)c1. The maximum absolute atomic E-state index is 9.67. The van der Waals surface area contributed by atoms with E-state index in [0.29, 0.717) is 6.61 Å². The lowest BCUT2D eigenvalue weighted by Gasteiger charge is -2.17. The Bertz CT molecular complexity index is 762. The highest BCUT2D eigenvalue weighted by Crippen LogP contribution is 2.20. The van der Waals surface area contributed by atoms with E-state index in [1.165, 1.54) is 16.0 Å². The molecule has 0 bridgehead atoms. The summed E-state index contributed by atoms with van der Waals surface area (Å²) in [6, 6.07) is 10.4. The molecule has 3 nitrogen and oxygen atoms in total. The molecule has 1 heterocycles. The molecule has 0 saturated heterocycles. The van der Waals surface area contributed by atoms with Gasteiger partial charge in [0.1, 0.15) is 18.0 Å². The summed E-state index contributed by atoms with van der Waals surface area (Å²) in [6.45, 7) is 9.92. The number of aliphatic hydroxyl groups is 1. The van der Waals surface area contributed by atoms with Crippen LogP contribution in [-0.2, 0) is 6.54 Å². The van der Waals surface area contributed by atoms with Crippen molar-refractivity contribution in [2.45, 2.75) is 39.8 Å². The van der Waals surface area contributed by atoms with Crippen molar-refractivity contribution in [3.8, 4) is 17.6 Å². The van der Waals surface area contributed by atoms with Gasteiger partial charge in [-0.15, -0.1) is 11.3 Å². The fraction of sp³-hybridized carbons (Fsp3) is 0.429. The molecule has 2 aromatic rings. The Kier molecular flexibility index (Phi) is 6.66. The number of hydrogen-bond donors (Lipinski definition) is 1. The van der Waals surface area contributed by atoms with Gasteiger partial charge in [0.15, 0.2) is 0 Å². The number of rotatable bonds is 6. The Morgan fingerprint density at radius 3 is 2.68 bits per heavy atom. The van der Waals surface area contributed by atoms with Gasteiger partial charge in [0.05, 0.1) is 4.88 Å². The molecule has 0 radical (unpaired) electrons. The number of likely N-dealkylation sites (N-methyl/N-ethyl adjacent to an activating group) is 1. The Hall–Kier alpha value is -1.80. The average Bonchev–Trinajstić information content (AvgIpc) is 2.95. The van der Waals surface area contributed by atoms with E-state index in [0.717, 1.165) is 23.7 Å². The van der Waals surface area contributed by atoms with Crippen LogP contribution in [0.1, 0.15) is 34.7 Å². The van der Waals surface area contributed by atoms with Gasteiger partial charge in [-0.25, -0.2) is 0 Å². The number of benzene rings is 1. The van der Waals surface area contributed by atoms with Crippen LogP contribution < -0.4 is 4.74 Å². The molecular weight excluding hydrogens is 330 g/mol. The van der Waals surface area contributed by atoms with E-state index < -0.39 is 5.60 Å². The highest BCUT2D eigenvalue weighted by atomic mass is 32.1. The van der Waals surface area contributed by atoms with E-state index in [4.69, 9.17) is 4.74 Å². The molecule has 0 spiro atoms. The van der Waals surface area contributed by atoms with Gasteiger partial charge >= 0.3 is 0 Å². The number of thiophene rings is 1. The average molecular weight is 358 g/mol. The van der Waals surface area contributed by atoms with E-state index >= 15 is 0 Å². The number of hydrogen-bond acceptors (Lipinski definition) is 4. The van der Waals surface area contributed by atoms with Crippen molar-refractivity contribution in [1.29, 1.82) is 0 Å². The van der Waals surface area contributed by atoms with E-state index in [-0.39, 0.29) is 0 Å². The first kappa shape index (κ1) is 19.5. The minimum absolute atomic E-state index is 0.664. The predicted molar refractivity (Wildman–Crippen MR) is 105 cm³/mol. The van der Waals surface area contributed by atoms with Crippen LogP contribution in [0.4, 0.5) is 0 Å². The standard InChI is InChI=1S/C21H27NO2S/c1-16-6-7-17(2)20(14-16)24-13-12-22(5)15-19-9-8-18(25-19)10-11-21(3,4)23/h6-9,14,23H,12-13,15H2,1-5H3. The molecule has 1 aromatic heterocycles. The Labute approximate surface area is 155 Å². The monoisotopic (exact) mass is 357 g/mol. The van der Waals surface area contributed by atoms with Gasteiger partial charge in [0.25, 0.3) is 0 Å². The van der Waals surface area contributed by atoms with Crippen LogP contribution in [0.5, 0.6) is 5.75 Å². The van der Waals surface area contributed by atoms with E-state index in [1.807, 2.05) is 6.07 Å². The van der Waals surface area contributed by atoms with Gasteiger partial charge in [-0.3, -0.25) is 4.90 Å². The Morgan fingerprint density at radius 1 is 1.20 bits per heavy atom. The second-order valence-corrected chi connectivity index (χ2v) is 8.10. The second kappa shape index (κ2) is 8.53. The summed E-state index contributed by atoms with van der Waals surface area (Å²) in [5.74, 6) is 6.85. The highest BCUT2D eigenvalue weighted by molar-refractivity contribution is 7.12. The van der Waals surface area contributed by atoms with Crippen molar-refractivity contribution in [3.05, 3.63) is 51.2 Å². The van der Waals surface area contributed by atoms with Crippen molar-refractivity contribution in [1.82, 2.24) is 4.90 Å². The highest BCUT2D eigenvalue weighted by Gasteiger charge is 2.07. The first-order valence-corrected chi connectivity index (χ1v) is 9.27. The fourth-order valence-electron chi connectivity index (χ4n) is 2.26. The van der Waals surface area contributed by atoms with Crippen LogP contribution in [0, 0.1) is 25.7 Å². The van der Waals surface area contributed by atoms with Gasteiger partial charge in [-0.05, 0) is 64.1 Å². The molecule has 2 rings (SSSR count). The zero-order chi connectivity index (χ0) is 18.4. The molecule has 0 unspecified atom stereocenters. The third-order valence-electron chi connectivity index (χ3n) is 3.65. The van der Waals surface area contributed by atoms with Crippen LogP contribution >= 0.6 is 11.3 Å². The van der Waals surface area contributed by atoms with E-state index in [1.54, 1.807) is 25.2 Å². The lowest BCUT2D eigenvalue weighted by atomic mass is 10.1. The number of aryl methyl sites for hydroxylation is 2. The lowest BCUT2D eigenvalue weighted by Crippen LogP contribution is -2.23. The van der Waals surface area contributed by atoms with Crippen LogP contribution in [0.25, 0.3) is 0 Å². The second-order valence-electron chi connectivity index (χ2n) is 6.93. The predicted octanol–water partition coefficient (Wildman–Crippen LogP) is 4.00. The van der Waals surface area contributed by atoms with Gasteiger partial charge in [-0.1, -0.05) is 24.0 Å². The smallest absolute Gasteiger partial charge is 0.122 e. The van der Waals surface area contributed by atoms with Crippen LogP contribution in [0.3, 0.4) is 0 Å². The lowest BCUT2D eigenvalue weighted by molar-refractivity contribution is 0.143. The van der Waals surface area contributed by atoms with Gasteiger partial charge in [0, 0.05) is 18.0 Å². The van der Waals surface area contributed by atoms with Gasteiger partial charge < -0.3 is 9.84 Å². The molecular formula is C21H27NO2S. The van der Waals surface area contributed by atoms with Gasteiger partial charge in [-0.2, -0.15) is 0 Å². The normalized spacial score (nSPS) is 11.3. The third kappa shape index (κ3) is 6.91. The summed E-state index contributed by atoms with van der Waals surface area (Å²) in [4.78, 5) is 4.48. The molecule has 134 valence electrons. The van der Waals surface area contributed by atoms with Crippen molar-refractivity contribution < 1.29 is 9.84 Å². The van der Waals surface area contributed by atoms with Crippen LogP contribution in [0.15, 0.2) is 30.3 Å². The molecule has 4 heteroatoms.